The summed E-state index contributed by atoms with van der Waals surface area (Å²) in [5.74, 6) is 1.29. The van der Waals surface area contributed by atoms with Gasteiger partial charge in [-0.25, -0.2) is 0 Å². The van der Waals surface area contributed by atoms with E-state index in [1.807, 2.05) is 0 Å². The third kappa shape index (κ3) is 7.96. The molecule has 15 heavy (non-hydrogen) atoms. The van der Waals surface area contributed by atoms with Crippen molar-refractivity contribution in [1.29, 1.82) is 0 Å². The van der Waals surface area contributed by atoms with Crippen molar-refractivity contribution >= 4 is 11.8 Å². The lowest BCUT2D eigenvalue weighted by atomic mass is 10.1. The quantitative estimate of drug-likeness (QED) is 0.482. The lowest BCUT2D eigenvalue weighted by Gasteiger charge is -2.11. The molecule has 0 rings (SSSR count). The van der Waals surface area contributed by atoms with E-state index in [-0.39, 0.29) is 0 Å². The molecular formula is C14H28S. The second kappa shape index (κ2) is 10.6. The van der Waals surface area contributed by atoms with E-state index in [4.69, 9.17) is 0 Å². The first kappa shape index (κ1) is 15.1. The molecule has 0 radical (unpaired) electrons. The molecule has 0 aromatic carbocycles. The first-order valence-electron chi connectivity index (χ1n) is 6.57. The van der Waals surface area contributed by atoms with Gasteiger partial charge in [0.2, 0.25) is 0 Å². The van der Waals surface area contributed by atoms with Gasteiger partial charge >= 0.3 is 0 Å². The molecule has 0 spiro atoms. The molecule has 0 nitrogen and oxygen atoms in total. The average molecular weight is 228 g/mol. The van der Waals surface area contributed by atoms with Crippen LogP contribution in [-0.2, 0) is 0 Å². The molecule has 0 N–H and O–H groups in total. The zero-order chi connectivity index (χ0) is 11.5. The van der Waals surface area contributed by atoms with Crippen LogP contribution in [0.5, 0.6) is 0 Å². The molecule has 0 amide bonds. The molecule has 0 saturated heterocycles. The summed E-state index contributed by atoms with van der Waals surface area (Å²) >= 11 is 2.10. The van der Waals surface area contributed by atoms with Crippen molar-refractivity contribution in [3.8, 4) is 0 Å². The van der Waals surface area contributed by atoms with Crippen LogP contribution in [-0.4, -0.2) is 5.75 Å². The van der Waals surface area contributed by atoms with Crippen LogP contribution in [0.2, 0.25) is 0 Å². The SMILES string of the molecule is CCCC/C(C)=C(\CCCC)SCCC. The second-order valence-electron chi connectivity index (χ2n) is 4.26. The van der Waals surface area contributed by atoms with Crippen LogP contribution in [0.1, 0.15) is 72.6 Å². The highest BCUT2D eigenvalue weighted by Gasteiger charge is 2.02. The normalized spacial score (nSPS) is 12.8. The van der Waals surface area contributed by atoms with Gasteiger partial charge < -0.3 is 0 Å². The Morgan fingerprint density at radius 1 is 0.867 bits per heavy atom. The molecule has 0 aliphatic carbocycles. The largest absolute Gasteiger partial charge is 0.131 e. The maximum Gasteiger partial charge on any atom is -0.00259 e. The lowest BCUT2D eigenvalue weighted by molar-refractivity contribution is 0.763. The Kier molecular flexibility index (Phi) is 10.7. The number of thioether (sulfide) groups is 1. The van der Waals surface area contributed by atoms with Crippen molar-refractivity contribution in [3.05, 3.63) is 10.5 Å². The van der Waals surface area contributed by atoms with Crippen LogP contribution in [0.4, 0.5) is 0 Å². The van der Waals surface area contributed by atoms with Gasteiger partial charge in [0, 0.05) is 0 Å². The van der Waals surface area contributed by atoms with E-state index in [0.717, 1.165) is 0 Å². The van der Waals surface area contributed by atoms with E-state index in [0.29, 0.717) is 0 Å². The number of unbranched alkanes of at least 4 members (excludes halogenated alkanes) is 2. The maximum absolute atomic E-state index is 2.34. The topological polar surface area (TPSA) is 0 Å². The van der Waals surface area contributed by atoms with Gasteiger partial charge in [0.15, 0.2) is 0 Å². The number of rotatable bonds is 9. The third-order valence-corrected chi connectivity index (χ3v) is 4.13. The average Bonchev–Trinajstić information content (AvgIpc) is 2.26. The zero-order valence-electron chi connectivity index (χ0n) is 11.1. The van der Waals surface area contributed by atoms with Crippen molar-refractivity contribution in [3.63, 3.8) is 0 Å². The Morgan fingerprint density at radius 3 is 2.00 bits per heavy atom. The van der Waals surface area contributed by atoms with E-state index in [1.54, 1.807) is 10.5 Å². The van der Waals surface area contributed by atoms with Crippen LogP contribution < -0.4 is 0 Å². The molecule has 0 saturated carbocycles. The molecular weight excluding hydrogens is 200 g/mol. The maximum atomic E-state index is 2.34. The summed E-state index contributed by atoms with van der Waals surface area (Å²) in [6.07, 6.45) is 9.27. The zero-order valence-corrected chi connectivity index (χ0v) is 11.9. The number of allylic oxidation sites excluding steroid dienone is 2. The summed E-state index contributed by atoms with van der Waals surface area (Å²) in [6, 6.07) is 0. The molecule has 0 bridgehead atoms. The fourth-order valence-corrected chi connectivity index (χ4v) is 2.64. The monoisotopic (exact) mass is 228 g/mol. The summed E-state index contributed by atoms with van der Waals surface area (Å²) in [5.41, 5.74) is 1.66. The van der Waals surface area contributed by atoms with Crippen molar-refractivity contribution in [2.24, 2.45) is 0 Å². The lowest BCUT2D eigenvalue weighted by Crippen LogP contribution is -1.89. The fraction of sp³-hybridized carbons (Fsp3) is 0.857. The van der Waals surface area contributed by atoms with E-state index < -0.39 is 0 Å². The smallest absolute Gasteiger partial charge is 0.00259 e. The summed E-state index contributed by atoms with van der Waals surface area (Å²) < 4.78 is 0. The van der Waals surface area contributed by atoms with Gasteiger partial charge in [-0.05, 0) is 49.7 Å². The summed E-state index contributed by atoms with van der Waals surface area (Å²) in [6.45, 7) is 9.16. The van der Waals surface area contributed by atoms with E-state index in [9.17, 15) is 0 Å². The molecule has 0 heterocycles. The van der Waals surface area contributed by atoms with Gasteiger partial charge in [0.05, 0.1) is 0 Å². The highest BCUT2D eigenvalue weighted by molar-refractivity contribution is 8.03. The molecule has 0 aromatic heterocycles. The fourth-order valence-electron chi connectivity index (χ4n) is 1.55. The van der Waals surface area contributed by atoms with Gasteiger partial charge in [0.25, 0.3) is 0 Å². The van der Waals surface area contributed by atoms with Crippen LogP contribution >= 0.6 is 11.8 Å². The van der Waals surface area contributed by atoms with Gasteiger partial charge in [-0.2, -0.15) is 0 Å². The summed E-state index contributed by atoms with van der Waals surface area (Å²) in [7, 11) is 0. The number of hydrogen-bond donors (Lipinski definition) is 0. The Bertz CT molecular complexity index is 160. The minimum absolute atomic E-state index is 1.29. The van der Waals surface area contributed by atoms with Crippen LogP contribution in [0.25, 0.3) is 0 Å². The minimum atomic E-state index is 1.29. The molecule has 0 atom stereocenters. The van der Waals surface area contributed by atoms with Gasteiger partial charge in [-0.15, -0.1) is 11.8 Å². The van der Waals surface area contributed by atoms with Crippen LogP contribution in [0, 0.1) is 0 Å². The van der Waals surface area contributed by atoms with E-state index >= 15 is 0 Å². The molecule has 0 aromatic rings. The Morgan fingerprint density at radius 2 is 1.47 bits per heavy atom. The second-order valence-corrected chi connectivity index (χ2v) is 5.45. The standard InChI is InChI=1S/C14H28S/c1-5-8-10-13(4)14(11-9-6-2)15-12-7-3/h5-12H2,1-4H3/b14-13+. The molecule has 1 heteroatoms. The van der Waals surface area contributed by atoms with E-state index in [1.165, 1.54) is 50.7 Å². The van der Waals surface area contributed by atoms with E-state index in [2.05, 4.69) is 39.5 Å². The van der Waals surface area contributed by atoms with Gasteiger partial charge in [0.1, 0.15) is 0 Å². The third-order valence-electron chi connectivity index (χ3n) is 2.62. The molecule has 0 fully saturated rings. The highest BCUT2D eigenvalue weighted by Crippen LogP contribution is 2.28. The number of hydrogen-bond acceptors (Lipinski definition) is 1. The molecule has 90 valence electrons. The molecule has 0 unspecified atom stereocenters. The molecule has 0 aliphatic rings. The van der Waals surface area contributed by atoms with Gasteiger partial charge in [-0.3, -0.25) is 0 Å². The summed E-state index contributed by atoms with van der Waals surface area (Å²) in [4.78, 5) is 1.69. The van der Waals surface area contributed by atoms with Crippen LogP contribution in [0.3, 0.4) is 0 Å². The van der Waals surface area contributed by atoms with Crippen LogP contribution in [0.15, 0.2) is 10.5 Å². The predicted molar refractivity (Wildman–Crippen MR) is 74.5 cm³/mol. The minimum Gasteiger partial charge on any atom is -0.131 e. The molecule has 0 aliphatic heterocycles. The Hall–Kier alpha value is 0.0900. The first-order valence-corrected chi connectivity index (χ1v) is 7.56. The van der Waals surface area contributed by atoms with Crippen molar-refractivity contribution < 1.29 is 0 Å². The van der Waals surface area contributed by atoms with Gasteiger partial charge in [-0.1, -0.05) is 39.2 Å². The Balaban J connectivity index is 4.14. The highest BCUT2D eigenvalue weighted by atomic mass is 32.2. The van der Waals surface area contributed by atoms with Crippen molar-refractivity contribution in [2.45, 2.75) is 72.6 Å². The first-order chi connectivity index (χ1) is 7.26. The predicted octanol–water partition coefficient (Wildman–Crippen LogP) is 5.78. The Labute approximate surface area is 101 Å². The van der Waals surface area contributed by atoms with Crippen molar-refractivity contribution in [1.82, 2.24) is 0 Å². The van der Waals surface area contributed by atoms with Crippen molar-refractivity contribution in [2.75, 3.05) is 5.75 Å². The summed E-state index contributed by atoms with van der Waals surface area (Å²) in [5, 5.41) is 0.